The lowest BCUT2D eigenvalue weighted by molar-refractivity contribution is -0.132. The summed E-state index contributed by atoms with van der Waals surface area (Å²) in [5, 5.41) is 3.04. The van der Waals surface area contributed by atoms with Gasteiger partial charge in [-0.3, -0.25) is 4.79 Å². The molecule has 2 aliphatic rings. The molecule has 5 nitrogen and oxygen atoms in total. The van der Waals surface area contributed by atoms with Gasteiger partial charge in [0.1, 0.15) is 6.10 Å². The van der Waals surface area contributed by atoms with Crippen molar-refractivity contribution in [1.82, 2.24) is 5.32 Å². The number of nitrogens with one attached hydrogen (secondary N) is 1. The molecule has 20 heavy (non-hydrogen) atoms. The SMILES string of the molecule is CC(C)C1OCCCC1CNC(=O)[C@@H]1CC[C@H](CN)O1. The summed E-state index contributed by atoms with van der Waals surface area (Å²) in [5.41, 5.74) is 5.57. The highest BCUT2D eigenvalue weighted by Crippen LogP contribution is 2.26. The highest BCUT2D eigenvalue weighted by molar-refractivity contribution is 5.81. The van der Waals surface area contributed by atoms with E-state index < -0.39 is 0 Å². The number of hydrogen-bond acceptors (Lipinski definition) is 4. The Morgan fingerprint density at radius 3 is 2.80 bits per heavy atom. The maximum atomic E-state index is 12.1. The van der Waals surface area contributed by atoms with Crippen LogP contribution in [-0.2, 0) is 14.3 Å². The third-order valence-electron chi connectivity index (χ3n) is 4.35. The number of ether oxygens (including phenoxy) is 2. The Hall–Kier alpha value is -0.650. The first-order valence-corrected chi connectivity index (χ1v) is 7.86. The van der Waals surface area contributed by atoms with Crippen LogP contribution in [0, 0.1) is 11.8 Å². The van der Waals surface area contributed by atoms with Crippen molar-refractivity contribution in [3.63, 3.8) is 0 Å². The summed E-state index contributed by atoms with van der Waals surface area (Å²) in [6, 6.07) is 0. The van der Waals surface area contributed by atoms with Gasteiger partial charge in [-0.15, -0.1) is 0 Å². The van der Waals surface area contributed by atoms with Gasteiger partial charge in [0.25, 0.3) is 0 Å². The van der Waals surface area contributed by atoms with Gasteiger partial charge in [0, 0.05) is 25.6 Å². The monoisotopic (exact) mass is 284 g/mol. The number of carbonyl (C=O) groups excluding carboxylic acids is 1. The molecule has 2 rings (SSSR count). The lowest BCUT2D eigenvalue weighted by atomic mass is 9.87. The van der Waals surface area contributed by atoms with Crippen molar-refractivity contribution in [3.8, 4) is 0 Å². The molecule has 116 valence electrons. The lowest BCUT2D eigenvalue weighted by Gasteiger charge is -2.34. The first-order chi connectivity index (χ1) is 9.61. The lowest BCUT2D eigenvalue weighted by Crippen LogP contribution is -2.44. The Balaban J connectivity index is 1.77. The average molecular weight is 284 g/mol. The zero-order valence-corrected chi connectivity index (χ0v) is 12.6. The van der Waals surface area contributed by atoms with Crippen LogP contribution in [0.5, 0.6) is 0 Å². The van der Waals surface area contributed by atoms with Crippen LogP contribution in [0.15, 0.2) is 0 Å². The predicted octanol–water partition coefficient (Wildman–Crippen LogP) is 1.06. The van der Waals surface area contributed by atoms with Gasteiger partial charge in [-0.2, -0.15) is 0 Å². The quantitative estimate of drug-likeness (QED) is 0.792. The maximum absolute atomic E-state index is 12.1. The molecule has 2 unspecified atom stereocenters. The van der Waals surface area contributed by atoms with Gasteiger partial charge < -0.3 is 20.5 Å². The van der Waals surface area contributed by atoms with E-state index in [0.29, 0.717) is 24.9 Å². The molecule has 2 aliphatic heterocycles. The minimum absolute atomic E-state index is 0.00836. The number of hydrogen-bond donors (Lipinski definition) is 2. The van der Waals surface area contributed by atoms with Crippen molar-refractivity contribution in [3.05, 3.63) is 0 Å². The van der Waals surface area contributed by atoms with Crippen LogP contribution in [0.25, 0.3) is 0 Å². The van der Waals surface area contributed by atoms with Gasteiger partial charge in [0.05, 0.1) is 12.2 Å². The summed E-state index contributed by atoms with van der Waals surface area (Å²) in [7, 11) is 0. The molecule has 0 spiro atoms. The Kier molecular flexibility index (Phi) is 5.81. The highest BCUT2D eigenvalue weighted by atomic mass is 16.5. The van der Waals surface area contributed by atoms with Crippen molar-refractivity contribution >= 4 is 5.91 Å². The molecule has 0 aliphatic carbocycles. The van der Waals surface area contributed by atoms with Gasteiger partial charge in [0.15, 0.2) is 0 Å². The number of carbonyl (C=O) groups is 1. The second-order valence-corrected chi connectivity index (χ2v) is 6.29. The first kappa shape index (κ1) is 15.7. The van der Waals surface area contributed by atoms with E-state index in [1.807, 2.05) is 0 Å². The summed E-state index contributed by atoms with van der Waals surface area (Å²) in [5.74, 6) is 0.912. The van der Waals surface area contributed by atoms with Crippen molar-refractivity contribution in [1.29, 1.82) is 0 Å². The van der Waals surface area contributed by atoms with Gasteiger partial charge in [-0.05, 0) is 31.6 Å². The van der Waals surface area contributed by atoms with Crippen LogP contribution < -0.4 is 11.1 Å². The van der Waals surface area contributed by atoms with Crippen molar-refractivity contribution in [2.45, 2.75) is 57.8 Å². The molecule has 2 heterocycles. The fraction of sp³-hybridized carbons (Fsp3) is 0.933. The number of nitrogens with two attached hydrogens (primary N) is 1. The Morgan fingerprint density at radius 1 is 1.35 bits per heavy atom. The molecule has 1 amide bonds. The molecule has 0 aromatic carbocycles. The Labute approximate surface area is 121 Å². The van der Waals surface area contributed by atoms with E-state index in [2.05, 4.69) is 19.2 Å². The van der Waals surface area contributed by atoms with Crippen LogP contribution in [0.2, 0.25) is 0 Å². The Morgan fingerprint density at radius 2 is 2.15 bits per heavy atom. The third-order valence-corrected chi connectivity index (χ3v) is 4.35. The zero-order valence-electron chi connectivity index (χ0n) is 12.6. The minimum atomic E-state index is -0.314. The van der Waals surface area contributed by atoms with Crippen LogP contribution in [0.3, 0.4) is 0 Å². The van der Waals surface area contributed by atoms with Crippen LogP contribution >= 0.6 is 0 Å². The average Bonchev–Trinajstić information content (AvgIpc) is 2.94. The fourth-order valence-corrected chi connectivity index (χ4v) is 3.24. The molecule has 0 saturated carbocycles. The third kappa shape index (κ3) is 3.93. The van der Waals surface area contributed by atoms with Gasteiger partial charge in [-0.1, -0.05) is 13.8 Å². The first-order valence-electron chi connectivity index (χ1n) is 7.86. The van der Waals surface area contributed by atoms with Gasteiger partial charge in [0.2, 0.25) is 5.91 Å². The van der Waals surface area contributed by atoms with E-state index in [1.165, 1.54) is 0 Å². The fourth-order valence-electron chi connectivity index (χ4n) is 3.24. The summed E-state index contributed by atoms with van der Waals surface area (Å²) in [6.07, 6.45) is 3.86. The van der Waals surface area contributed by atoms with E-state index in [-0.39, 0.29) is 24.2 Å². The van der Waals surface area contributed by atoms with Crippen molar-refractivity contribution < 1.29 is 14.3 Å². The molecule has 2 fully saturated rings. The molecule has 4 atom stereocenters. The molecular weight excluding hydrogens is 256 g/mol. The van der Waals surface area contributed by atoms with Gasteiger partial charge in [-0.25, -0.2) is 0 Å². The van der Waals surface area contributed by atoms with Crippen LogP contribution in [0.1, 0.15) is 39.5 Å². The highest BCUT2D eigenvalue weighted by Gasteiger charge is 2.32. The normalized spacial score (nSPS) is 34.4. The summed E-state index contributed by atoms with van der Waals surface area (Å²) >= 11 is 0. The van der Waals surface area contributed by atoms with E-state index in [1.54, 1.807) is 0 Å². The predicted molar refractivity (Wildman–Crippen MR) is 77.3 cm³/mol. The maximum Gasteiger partial charge on any atom is 0.249 e. The summed E-state index contributed by atoms with van der Waals surface area (Å²) < 4.78 is 11.5. The van der Waals surface area contributed by atoms with E-state index in [0.717, 1.165) is 32.3 Å². The van der Waals surface area contributed by atoms with Crippen LogP contribution in [-0.4, -0.2) is 43.9 Å². The van der Waals surface area contributed by atoms with Crippen molar-refractivity contribution in [2.75, 3.05) is 19.7 Å². The molecule has 0 aromatic rings. The topological polar surface area (TPSA) is 73.6 Å². The zero-order chi connectivity index (χ0) is 14.5. The van der Waals surface area contributed by atoms with E-state index >= 15 is 0 Å². The second-order valence-electron chi connectivity index (χ2n) is 6.29. The largest absolute Gasteiger partial charge is 0.378 e. The summed E-state index contributed by atoms with van der Waals surface area (Å²) in [6.45, 7) is 6.38. The minimum Gasteiger partial charge on any atom is -0.378 e. The molecule has 5 heteroatoms. The second kappa shape index (κ2) is 7.38. The molecule has 0 aromatic heterocycles. The van der Waals surface area contributed by atoms with E-state index in [4.69, 9.17) is 15.2 Å². The number of amides is 1. The molecule has 3 N–H and O–H groups in total. The molecular formula is C15H28N2O3. The molecule has 2 saturated heterocycles. The van der Waals surface area contributed by atoms with Crippen molar-refractivity contribution in [2.24, 2.45) is 17.6 Å². The Bertz CT molecular complexity index is 322. The van der Waals surface area contributed by atoms with Gasteiger partial charge >= 0.3 is 0 Å². The standard InChI is InChI=1S/C15H28N2O3/c1-10(2)14-11(4-3-7-19-14)9-17-15(18)13-6-5-12(8-16)20-13/h10-14H,3-9,16H2,1-2H3,(H,17,18)/t11?,12-,13+,14?/m1/s1. The smallest absolute Gasteiger partial charge is 0.249 e. The molecule has 0 radical (unpaired) electrons. The van der Waals surface area contributed by atoms with E-state index in [9.17, 15) is 4.79 Å². The number of rotatable bonds is 5. The summed E-state index contributed by atoms with van der Waals surface area (Å²) in [4.78, 5) is 12.1. The van der Waals surface area contributed by atoms with Crippen LogP contribution in [0.4, 0.5) is 0 Å². The molecule has 0 bridgehead atoms.